The molecule has 0 spiro atoms. The quantitative estimate of drug-likeness (QED) is 0.828. The topological polar surface area (TPSA) is 87.7 Å². The minimum absolute atomic E-state index is 0.0362. The lowest BCUT2D eigenvalue weighted by Crippen LogP contribution is -2.22. The van der Waals surface area contributed by atoms with Crippen molar-refractivity contribution >= 4 is 15.9 Å². The maximum atomic E-state index is 14.6. The Labute approximate surface area is 147 Å². The highest BCUT2D eigenvalue weighted by Crippen LogP contribution is 2.44. The molecule has 0 unspecified atom stereocenters. The second kappa shape index (κ2) is 6.65. The van der Waals surface area contributed by atoms with Crippen molar-refractivity contribution in [2.24, 2.45) is 5.73 Å². The number of nitrogens with one attached hydrogen (secondary N) is 1. The first-order valence-corrected chi connectivity index (χ1v) is 8.45. The number of nitrogens with two attached hydrogens (primary N) is 1. The lowest BCUT2D eigenvalue weighted by atomic mass is 9.83. The molecule has 124 valence electrons. The van der Waals surface area contributed by atoms with E-state index in [1.54, 1.807) is 12.1 Å². The number of rotatable bonds is 4. The average Bonchev–Trinajstić information content (AvgIpc) is 2.94. The van der Waals surface area contributed by atoms with Gasteiger partial charge in [0.1, 0.15) is 17.5 Å². The summed E-state index contributed by atoms with van der Waals surface area (Å²) in [6, 6.07) is 6.84. The number of hydrogen-bond donors (Lipinski definition) is 2. The number of aromatic amines is 1. The predicted octanol–water partition coefficient (Wildman–Crippen LogP) is 3.87. The summed E-state index contributed by atoms with van der Waals surface area (Å²) in [6.45, 7) is 2.09. The summed E-state index contributed by atoms with van der Waals surface area (Å²) in [5.41, 5.74) is 7.98. The molecule has 1 aliphatic heterocycles. The summed E-state index contributed by atoms with van der Waals surface area (Å²) in [4.78, 5) is 0. The summed E-state index contributed by atoms with van der Waals surface area (Å²) in [7, 11) is 0. The minimum Gasteiger partial charge on any atom is -0.420 e. The third-order valence-electron chi connectivity index (χ3n) is 4.07. The monoisotopic (exact) mass is 390 g/mol. The van der Waals surface area contributed by atoms with E-state index in [-0.39, 0.29) is 11.5 Å². The Kier molecular flexibility index (Phi) is 4.58. The van der Waals surface area contributed by atoms with Crippen LogP contribution in [0.3, 0.4) is 0 Å². The van der Waals surface area contributed by atoms with Crippen molar-refractivity contribution in [1.82, 2.24) is 10.2 Å². The molecule has 2 heterocycles. The normalized spacial score (nSPS) is 16.5. The van der Waals surface area contributed by atoms with E-state index in [4.69, 9.17) is 10.5 Å². The summed E-state index contributed by atoms with van der Waals surface area (Å²) < 4.78 is 20.7. The van der Waals surface area contributed by atoms with Crippen molar-refractivity contribution in [3.63, 3.8) is 0 Å². The van der Waals surface area contributed by atoms with Gasteiger partial charge in [-0.1, -0.05) is 35.3 Å². The molecule has 0 amide bonds. The summed E-state index contributed by atoms with van der Waals surface area (Å²) in [5.74, 6) is -0.765. The predicted molar refractivity (Wildman–Crippen MR) is 90.6 cm³/mol. The van der Waals surface area contributed by atoms with Gasteiger partial charge in [-0.2, -0.15) is 5.26 Å². The zero-order valence-electron chi connectivity index (χ0n) is 13.1. The molecular formula is C17H16BrFN4O. The lowest BCUT2D eigenvalue weighted by molar-refractivity contribution is 0.377. The van der Waals surface area contributed by atoms with E-state index in [1.807, 2.05) is 0 Å². The van der Waals surface area contributed by atoms with Crippen LogP contribution >= 0.6 is 15.9 Å². The molecule has 3 rings (SSSR count). The lowest BCUT2D eigenvalue weighted by Gasteiger charge is -2.24. The highest BCUT2D eigenvalue weighted by atomic mass is 79.9. The molecule has 0 aliphatic carbocycles. The van der Waals surface area contributed by atoms with Crippen LogP contribution in [0.25, 0.3) is 0 Å². The average molecular weight is 391 g/mol. The Morgan fingerprint density at radius 2 is 2.29 bits per heavy atom. The van der Waals surface area contributed by atoms with E-state index in [0.29, 0.717) is 21.5 Å². The zero-order valence-corrected chi connectivity index (χ0v) is 14.7. The fraction of sp³-hybridized carbons (Fsp3) is 0.294. The number of H-pyrrole nitrogens is 1. The third-order valence-corrected chi connectivity index (χ3v) is 4.56. The molecule has 0 radical (unpaired) electrons. The van der Waals surface area contributed by atoms with Gasteiger partial charge in [0.2, 0.25) is 11.8 Å². The number of fused-ring (bicyclic) bond motifs is 1. The molecule has 5 nitrogen and oxygen atoms in total. The molecule has 0 saturated carbocycles. The van der Waals surface area contributed by atoms with Crippen LogP contribution < -0.4 is 10.5 Å². The number of aromatic nitrogens is 2. The molecule has 24 heavy (non-hydrogen) atoms. The number of aryl methyl sites for hydroxylation is 1. The van der Waals surface area contributed by atoms with Crippen molar-refractivity contribution < 1.29 is 9.13 Å². The Hall–Kier alpha value is -2.33. The van der Waals surface area contributed by atoms with Gasteiger partial charge in [-0.3, -0.25) is 5.10 Å². The van der Waals surface area contributed by atoms with Crippen molar-refractivity contribution in [3.05, 3.63) is 56.8 Å². The number of nitrogens with zero attached hydrogens (tertiary/aromatic N) is 2. The standard InChI is InChI=1S/C17H16BrFN4O/c1-2-3-4-13-15-14(10-6-5-9(18)7-12(10)19)11(8-20)16(21)24-17(15)23-22-13/h5-7,14H,2-4,21H2,1H3,(H,22,23)/t14-/m0/s1. The van der Waals surface area contributed by atoms with Crippen molar-refractivity contribution in [2.75, 3.05) is 0 Å². The van der Waals surface area contributed by atoms with E-state index in [2.05, 4.69) is 39.1 Å². The van der Waals surface area contributed by atoms with Crippen LogP contribution in [0.1, 0.15) is 42.5 Å². The van der Waals surface area contributed by atoms with Crippen molar-refractivity contribution in [3.8, 4) is 11.9 Å². The van der Waals surface area contributed by atoms with Crippen LogP contribution in [-0.2, 0) is 6.42 Å². The zero-order chi connectivity index (χ0) is 17.3. The van der Waals surface area contributed by atoms with Gasteiger partial charge in [-0.15, -0.1) is 5.10 Å². The van der Waals surface area contributed by atoms with Gasteiger partial charge < -0.3 is 10.5 Å². The van der Waals surface area contributed by atoms with Crippen molar-refractivity contribution in [1.29, 1.82) is 5.26 Å². The molecule has 7 heteroatoms. The second-order valence-electron chi connectivity index (χ2n) is 5.62. The van der Waals surface area contributed by atoms with Crippen molar-refractivity contribution in [2.45, 2.75) is 32.1 Å². The highest BCUT2D eigenvalue weighted by Gasteiger charge is 2.36. The smallest absolute Gasteiger partial charge is 0.244 e. The van der Waals surface area contributed by atoms with Gasteiger partial charge >= 0.3 is 0 Å². The molecule has 3 N–H and O–H groups in total. The van der Waals surface area contributed by atoms with Crippen LogP contribution in [0.2, 0.25) is 0 Å². The molecule has 1 aromatic carbocycles. The molecule has 0 saturated heterocycles. The van der Waals surface area contributed by atoms with Gasteiger partial charge in [-0.05, 0) is 25.0 Å². The van der Waals surface area contributed by atoms with Crippen LogP contribution in [0.5, 0.6) is 5.88 Å². The van der Waals surface area contributed by atoms with Gasteiger partial charge in [0.05, 0.1) is 11.5 Å². The van der Waals surface area contributed by atoms with Crippen LogP contribution in [-0.4, -0.2) is 10.2 Å². The molecule has 1 atom stereocenters. The fourth-order valence-corrected chi connectivity index (χ4v) is 3.23. The first kappa shape index (κ1) is 16.5. The van der Waals surface area contributed by atoms with Crippen LogP contribution in [0.4, 0.5) is 4.39 Å². The Bertz CT molecular complexity index is 853. The second-order valence-corrected chi connectivity index (χ2v) is 6.53. The summed E-state index contributed by atoms with van der Waals surface area (Å²) >= 11 is 3.25. The van der Waals surface area contributed by atoms with Gasteiger partial charge in [0, 0.05) is 15.7 Å². The number of ether oxygens (including phenoxy) is 1. The number of hydrogen-bond acceptors (Lipinski definition) is 4. The van der Waals surface area contributed by atoms with Gasteiger partial charge in [0.15, 0.2) is 0 Å². The van der Waals surface area contributed by atoms with E-state index in [1.165, 1.54) is 6.07 Å². The molecule has 0 fully saturated rings. The molecule has 1 aliphatic rings. The van der Waals surface area contributed by atoms with Gasteiger partial charge in [0.25, 0.3) is 0 Å². The number of halogens is 2. The number of allylic oxidation sites excluding steroid dienone is 1. The molecular weight excluding hydrogens is 375 g/mol. The maximum Gasteiger partial charge on any atom is 0.244 e. The Morgan fingerprint density at radius 1 is 1.50 bits per heavy atom. The van der Waals surface area contributed by atoms with E-state index < -0.39 is 11.7 Å². The molecule has 0 bridgehead atoms. The highest BCUT2D eigenvalue weighted by molar-refractivity contribution is 9.10. The van der Waals surface area contributed by atoms with Crippen LogP contribution in [0.15, 0.2) is 34.1 Å². The fourth-order valence-electron chi connectivity index (χ4n) is 2.90. The van der Waals surface area contributed by atoms with E-state index in [0.717, 1.165) is 25.0 Å². The summed E-state index contributed by atoms with van der Waals surface area (Å²) in [6.07, 6.45) is 2.70. The largest absolute Gasteiger partial charge is 0.420 e. The number of benzene rings is 1. The number of unbranched alkanes of at least 4 members (excludes halogenated alkanes) is 1. The van der Waals surface area contributed by atoms with E-state index >= 15 is 0 Å². The molecule has 1 aromatic heterocycles. The Morgan fingerprint density at radius 3 is 2.96 bits per heavy atom. The third kappa shape index (κ3) is 2.78. The summed E-state index contributed by atoms with van der Waals surface area (Å²) in [5, 5.41) is 16.6. The van der Waals surface area contributed by atoms with Crippen LogP contribution in [0, 0.1) is 17.1 Å². The SMILES string of the molecule is CCCCc1[nH]nc2c1[C@@H](c1ccc(Br)cc1F)C(C#N)=C(N)O2. The first-order valence-electron chi connectivity index (χ1n) is 7.66. The number of nitriles is 1. The first-order chi connectivity index (χ1) is 11.6. The Balaban J connectivity index is 2.19. The molecule has 2 aromatic rings. The van der Waals surface area contributed by atoms with Gasteiger partial charge in [-0.25, -0.2) is 4.39 Å². The maximum absolute atomic E-state index is 14.6. The van der Waals surface area contributed by atoms with E-state index in [9.17, 15) is 9.65 Å². The minimum atomic E-state index is -0.627.